The number of nitrogens with one attached hydrogen (secondary N) is 3. The maximum Gasteiger partial charge on any atom is 0.120 e. The maximum atomic E-state index is 4.40. The van der Waals surface area contributed by atoms with Crippen LogP contribution in [0.3, 0.4) is 0 Å². The summed E-state index contributed by atoms with van der Waals surface area (Å²) in [4.78, 5) is 12.5. The molecule has 0 saturated heterocycles. The predicted molar refractivity (Wildman–Crippen MR) is 146 cm³/mol. The molecule has 2 aromatic carbocycles. The molecule has 0 radical (unpaired) electrons. The first kappa shape index (κ1) is 25.7. The molecule has 2 aromatic heterocycles. The van der Waals surface area contributed by atoms with Crippen LogP contribution in [0.1, 0.15) is 54.9 Å². The molecule has 0 aliphatic heterocycles. The lowest BCUT2D eigenvalue weighted by atomic mass is 10.1. The summed E-state index contributed by atoms with van der Waals surface area (Å²) in [5.74, 6) is 0.963. The molecular formula is C29H39N7. The van der Waals surface area contributed by atoms with E-state index >= 15 is 0 Å². The Morgan fingerprint density at radius 1 is 0.722 bits per heavy atom. The van der Waals surface area contributed by atoms with Gasteiger partial charge in [0.25, 0.3) is 0 Å². The highest BCUT2D eigenvalue weighted by atomic mass is 15.2. The summed E-state index contributed by atoms with van der Waals surface area (Å²) >= 11 is 0. The zero-order valence-electron chi connectivity index (χ0n) is 21.6. The molecule has 190 valence electrons. The molecule has 0 amide bonds. The summed E-state index contributed by atoms with van der Waals surface area (Å²) < 4.78 is 0. The van der Waals surface area contributed by atoms with Gasteiger partial charge in [-0.2, -0.15) is 5.10 Å². The molecule has 4 aromatic rings. The van der Waals surface area contributed by atoms with Crippen LogP contribution in [-0.2, 0) is 32.7 Å². The number of hydrogen-bond donors (Lipinski definition) is 3. The van der Waals surface area contributed by atoms with E-state index in [9.17, 15) is 0 Å². The second-order valence-corrected chi connectivity index (χ2v) is 9.41. The Labute approximate surface area is 215 Å². The van der Waals surface area contributed by atoms with Crippen molar-refractivity contribution in [2.45, 2.75) is 59.4 Å². The topological polar surface area (TPSA) is 75.9 Å². The molecule has 3 N–H and O–H groups in total. The van der Waals surface area contributed by atoms with Gasteiger partial charge in [-0.05, 0) is 60.8 Å². The molecular weight excluding hydrogens is 446 g/mol. The Kier molecular flexibility index (Phi) is 9.70. The first-order chi connectivity index (χ1) is 17.7. The quantitative estimate of drug-likeness (QED) is 0.205. The number of imidazole rings is 1. The summed E-state index contributed by atoms with van der Waals surface area (Å²) in [6, 6.07) is 19.8. The minimum Gasteiger partial charge on any atom is -0.381 e. The summed E-state index contributed by atoms with van der Waals surface area (Å²) in [5.41, 5.74) is 6.17. The van der Waals surface area contributed by atoms with Crippen LogP contribution in [0.25, 0.3) is 0 Å². The number of aromatic amines is 2. The number of hydrogen-bond acceptors (Lipinski definition) is 5. The van der Waals surface area contributed by atoms with Gasteiger partial charge in [-0.25, -0.2) is 4.98 Å². The molecule has 0 spiro atoms. The van der Waals surface area contributed by atoms with Gasteiger partial charge in [0, 0.05) is 56.2 Å². The standard InChI is InChI=1S/C29H39N7/c1-3-17-35(18-4-2)20-26-9-11-27(12-10-26)32-19-24-5-7-25(8-6-24)21-36(22-28-13-14-33-34-28)23-29-30-15-16-31-29/h5-16,32H,3-4,17-23H2,1-2H3,(H,30,31)(H,33,34). The van der Waals surface area contributed by atoms with Crippen LogP contribution in [-0.4, -0.2) is 43.1 Å². The van der Waals surface area contributed by atoms with Gasteiger partial charge in [0.15, 0.2) is 0 Å². The van der Waals surface area contributed by atoms with Crippen molar-refractivity contribution in [3.05, 3.63) is 101 Å². The number of nitrogens with zero attached hydrogens (tertiary/aromatic N) is 4. The van der Waals surface area contributed by atoms with E-state index in [1.54, 1.807) is 12.4 Å². The van der Waals surface area contributed by atoms with E-state index in [-0.39, 0.29) is 0 Å². The van der Waals surface area contributed by atoms with E-state index in [0.717, 1.165) is 63.0 Å². The third-order valence-corrected chi connectivity index (χ3v) is 6.25. The summed E-state index contributed by atoms with van der Waals surface area (Å²) in [7, 11) is 0. The molecule has 0 aliphatic rings. The van der Waals surface area contributed by atoms with Crippen molar-refractivity contribution in [3.63, 3.8) is 0 Å². The Hall–Kier alpha value is -3.42. The summed E-state index contributed by atoms with van der Waals surface area (Å²) in [6.45, 7) is 11.0. The third kappa shape index (κ3) is 8.07. The maximum absolute atomic E-state index is 4.40. The fourth-order valence-electron chi connectivity index (χ4n) is 4.49. The SMILES string of the molecule is CCCN(CCC)Cc1ccc(NCc2ccc(CN(Cc3ccn[nH]3)Cc3ncc[nH]3)cc2)cc1. The normalized spacial score (nSPS) is 11.4. The van der Waals surface area contributed by atoms with E-state index in [2.05, 4.69) is 97.7 Å². The van der Waals surface area contributed by atoms with E-state index in [0.29, 0.717) is 0 Å². The van der Waals surface area contributed by atoms with Crippen molar-refractivity contribution in [2.24, 2.45) is 0 Å². The number of anilines is 1. The molecule has 7 heteroatoms. The van der Waals surface area contributed by atoms with Crippen molar-refractivity contribution < 1.29 is 0 Å². The first-order valence-electron chi connectivity index (χ1n) is 13.0. The van der Waals surface area contributed by atoms with Gasteiger partial charge >= 0.3 is 0 Å². The van der Waals surface area contributed by atoms with Crippen LogP contribution in [0.2, 0.25) is 0 Å². The summed E-state index contributed by atoms with van der Waals surface area (Å²) in [5, 5.41) is 10.7. The van der Waals surface area contributed by atoms with Crippen molar-refractivity contribution >= 4 is 5.69 Å². The predicted octanol–water partition coefficient (Wildman–Crippen LogP) is 5.57. The third-order valence-electron chi connectivity index (χ3n) is 6.25. The molecule has 0 fully saturated rings. The molecule has 0 atom stereocenters. The first-order valence-corrected chi connectivity index (χ1v) is 13.0. The largest absolute Gasteiger partial charge is 0.381 e. The molecule has 2 heterocycles. The van der Waals surface area contributed by atoms with Crippen molar-refractivity contribution in [3.8, 4) is 0 Å². The van der Waals surface area contributed by atoms with Gasteiger partial charge in [-0.1, -0.05) is 50.2 Å². The lowest BCUT2D eigenvalue weighted by Crippen LogP contribution is -2.24. The zero-order valence-corrected chi connectivity index (χ0v) is 21.6. The van der Waals surface area contributed by atoms with Crippen molar-refractivity contribution in [2.75, 3.05) is 18.4 Å². The average Bonchev–Trinajstić information content (AvgIpc) is 3.59. The van der Waals surface area contributed by atoms with Crippen LogP contribution in [0.15, 0.2) is 73.2 Å². The Morgan fingerprint density at radius 2 is 1.39 bits per heavy atom. The van der Waals surface area contributed by atoms with Crippen molar-refractivity contribution in [1.82, 2.24) is 30.0 Å². The Morgan fingerprint density at radius 3 is 2.00 bits per heavy atom. The number of H-pyrrole nitrogens is 2. The highest BCUT2D eigenvalue weighted by Crippen LogP contribution is 2.16. The highest BCUT2D eigenvalue weighted by Gasteiger charge is 2.11. The van der Waals surface area contributed by atoms with Crippen LogP contribution in [0, 0.1) is 0 Å². The second kappa shape index (κ2) is 13.6. The minimum absolute atomic E-state index is 0.750. The minimum atomic E-state index is 0.750. The van der Waals surface area contributed by atoms with E-state index < -0.39 is 0 Å². The fourth-order valence-corrected chi connectivity index (χ4v) is 4.49. The van der Waals surface area contributed by atoms with E-state index in [1.165, 1.54) is 29.5 Å². The molecule has 36 heavy (non-hydrogen) atoms. The lowest BCUT2D eigenvalue weighted by Gasteiger charge is -2.21. The molecule has 0 bridgehead atoms. The monoisotopic (exact) mass is 485 g/mol. The average molecular weight is 486 g/mol. The number of aromatic nitrogens is 4. The van der Waals surface area contributed by atoms with E-state index in [4.69, 9.17) is 0 Å². The molecule has 4 rings (SSSR count). The van der Waals surface area contributed by atoms with Gasteiger partial charge in [0.2, 0.25) is 0 Å². The fraction of sp³-hybridized carbons (Fsp3) is 0.379. The van der Waals surface area contributed by atoms with Crippen LogP contribution < -0.4 is 5.32 Å². The smallest absolute Gasteiger partial charge is 0.120 e. The second-order valence-electron chi connectivity index (χ2n) is 9.41. The number of benzene rings is 2. The summed E-state index contributed by atoms with van der Waals surface area (Å²) in [6.07, 6.45) is 7.86. The van der Waals surface area contributed by atoms with Gasteiger partial charge in [-0.15, -0.1) is 0 Å². The highest BCUT2D eigenvalue weighted by molar-refractivity contribution is 5.45. The van der Waals surface area contributed by atoms with Crippen LogP contribution in [0.5, 0.6) is 0 Å². The zero-order chi connectivity index (χ0) is 25.0. The van der Waals surface area contributed by atoms with Gasteiger partial charge in [-0.3, -0.25) is 14.9 Å². The van der Waals surface area contributed by atoms with E-state index in [1.807, 2.05) is 12.3 Å². The van der Waals surface area contributed by atoms with Crippen molar-refractivity contribution in [1.29, 1.82) is 0 Å². The number of rotatable bonds is 15. The van der Waals surface area contributed by atoms with Crippen LogP contribution >= 0.6 is 0 Å². The molecule has 7 nitrogen and oxygen atoms in total. The Balaban J connectivity index is 1.29. The Bertz CT molecular complexity index is 1060. The van der Waals surface area contributed by atoms with Gasteiger partial charge in [0.1, 0.15) is 5.82 Å². The molecule has 0 aliphatic carbocycles. The lowest BCUT2D eigenvalue weighted by molar-refractivity contribution is 0.239. The molecule has 0 unspecified atom stereocenters. The van der Waals surface area contributed by atoms with Gasteiger partial charge in [0.05, 0.1) is 6.54 Å². The van der Waals surface area contributed by atoms with Crippen LogP contribution in [0.4, 0.5) is 5.69 Å². The van der Waals surface area contributed by atoms with Gasteiger partial charge < -0.3 is 10.3 Å². The molecule has 0 saturated carbocycles.